The molecule has 0 bridgehead atoms. The van der Waals surface area contributed by atoms with Crippen molar-refractivity contribution >= 4 is 35.6 Å². The van der Waals surface area contributed by atoms with E-state index in [1.807, 2.05) is 13.8 Å². The van der Waals surface area contributed by atoms with E-state index in [4.69, 9.17) is 0 Å². The number of aliphatic hydroxyl groups excluding tert-OH is 4. The van der Waals surface area contributed by atoms with E-state index in [-0.39, 0.29) is 37.5 Å². The quantitative estimate of drug-likeness (QED) is 0.0392. The maximum Gasteiger partial charge on any atom is 0.328 e. The smallest absolute Gasteiger partial charge is 0.328 e. The third kappa shape index (κ3) is 29.5. The molecule has 0 radical (unpaired) electrons. The standard InChI is InChI=1S/C22H42N2O6.C21H40N2O6/c1-4-6-8-9-10-11-13-15-18(27)23-19(16(3)25)21(28)24-20(22(29)30)17(26)14-12-7-5-2;1-4-6-8-9-10-11-12-14-17(26)22-18(15(3)24)20(27)23-19(21(28)29)16(25)13-7-5-2/h16-17,19-20,25-26H,4-15H2,1-3H3,(H,23,27)(H,24,28)(H,29,30);15-16,18-19,24-25H,4-14H2,1-3H3,(H,22,26)(H,23,27)(H,28,29). The van der Waals surface area contributed by atoms with E-state index in [1.54, 1.807) is 0 Å². The Morgan fingerprint density at radius 1 is 0.390 bits per heavy atom. The first-order valence-corrected chi connectivity index (χ1v) is 22.4. The Balaban J connectivity index is 0. The minimum atomic E-state index is -1.49. The summed E-state index contributed by atoms with van der Waals surface area (Å²) < 4.78 is 0. The van der Waals surface area contributed by atoms with Gasteiger partial charge >= 0.3 is 11.9 Å². The number of aliphatic carboxylic acids is 2. The first-order chi connectivity index (χ1) is 28.0. The topological polar surface area (TPSA) is 272 Å². The first kappa shape index (κ1) is 57.8. The third-order valence-corrected chi connectivity index (χ3v) is 10.0. The van der Waals surface area contributed by atoms with Crippen LogP contribution in [0.5, 0.6) is 0 Å². The molecule has 4 amide bonds. The number of rotatable bonds is 35. The van der Waals surface area contributed by atoms with E-state index in [2.05, 4.69) is 35.1 Å². The van der Waals surface area contributed by atoms with Crippen LogP contribution in [0, 0.1) is 0 Å². The van der Waals surface area contributed by atoms with Crippen LogP contribution in [0.15, 0.2) is 0 Å². The SMILES string of the molecule is CCCCCCCCCC(=O)NC(C(=O)NC(C(=O)O)C(O)CCCC)C(C)O.CCCCCCCCCC(=O)NC(C(=O)NC(C(=O)O)C(O)CCCCC)C(C)O. The molecule has 0 spiro atoms. The summed E-state index contributed by atoms with van der Waals surface area (Å²) in [4.78, 5) is 72.1. The van der Waals surface area contributed by atoms with E-state index in [9.17, 15) is 59.4 Å². The molecular formula is C43H82N4O12. The van der Waals surface area contributed by atoms with Gasteiger partial charge < -0.3 is 51.9 Å². The molecule has 0 saturated heterocycles. The average Bonchev–Trinajstić information content (AvgIpc) is 3.18. The Hall–Kier alpha value is -3.34. The molecule has 0 aromatic rings. The summed E-state index contributed by atoms with van der Waals surface area (Å²) in [5.41, 5.74) is 0. The molecule has 0 aromatic heterocycles. The van der Waals surface area contributed by atoms with Gasteiger partial charge in [-0.2, -0.15) is 0 Å². The number of amides is 4. The van der Waals surface area contributed by atoms with Gasteiger partial charge in [0, 0.05) is 12.8 Å². The van der Waals surface area contributed by atoms with Crippen molar-refractivity contribution in [2.45, 2.75) is 238 Å². The zero-order chi connectivity index (χ0) is 45.2. The molecular weight excluding hydrogens is 764 g/mol. The van der Waals surface area contributed by atoms with Crippen molar-refractivity contribution < 1.29 is 59.4 Å². The Morgan fingerprint density at radius 3 is 0.983 bits per heavy atom. The Kier molecular flexibility index (Phi) is 35.7. The second-order valence-corrected chi connectivity index (χ2v) is 15.7. The number of carboxylic acid groups (broad SMARTS) is 2. The Labute approximate surface area is 353 Å². The molecule has 0 aliphatic rings. The lowest BCUT2D eigenvalue weighted by Crippen LogP contribution is -2.58. The van der Waals surface area contributed by atoms with Gasteiger partial charge in [0.05, 0.1) is 24.4 Å². The zero-order valence-electron chi connectivity index (χ0n) is 37.0. The zero-order valence-corrected chi connectivity index (χ0v) is 37.0. The van der Waals surface area contributed by atoms with Gasteiger partial charge in [0.25, 0.3) is 0 Å². The second-order valence-electron chi connectivity index (χ2n) is 15.7. The van der Waals surface area contributed by atoms with Crippen LogP contribution in [-0.2, 0) is 28.8 Å². The maximum atomic E-state index is 12.5. The monoisotopic (exact) mass is 847 g/mol. The molecule has 10 N–H and O–H groups in total. The highest BCUT2D eigenvalue weighted by Gasteiger charge is 2.34. The van der Waals surface area contributed by atoms with Gasteiger partial charge in [0.15, 0.2) is 12.1 Å². The summed E-state index contributed by atoms with van der Waals surface area (Å²) in [6.45, 7) is 10.9. The highest BCUT2D eigenvalue weighted by molar-refractivity contribution is 5.92. The highest BCUT2D eigenvalue weighted by Crippen LogP contribution is 2.12. The van der Waals surface area contributed by atoms with E-state index in [1.165, 1.54) is 52.4 Å². The molecule has 59 heavy (non-hydrogen) atoms. The largest absolute Gasteiger partial charge is 0.480 e. The molecule has 0 heterocycles. The molecule has 0 fully saturated rings. The minimum Gasteiger partial charge on any atom is -0.480 e. The van der Waals surface area contributed by atoms with Crippen LogP contribution < -0.4 is 21.3 Å². The molecule has 346 valence electrons. The van der Waals surface area contributed by atoms with Crippen LogP contribution in [0.1, 0.15) is 189 Å². The van der Waals surface area contributed by atoms with Gasteiger partial charge in [-0.05, 0) is 39.5 Å². The van der Waals surface area contributed by atoms with Gasteiger partial charge in [-0.3, -0.25) is 19.2 Å². The predicted molar refractivity (Wildman–Crippen MR) is 227 cm³/mol. The van der Waals surface area contributed by atoms with Crippen LogP contribution >= 0.6 is 0 Å². The Bertz CT molecular complexity index is 1160. The van der Waals surface area contributed by atoms with Crippen LogP contribution in [0.2, 0.25) is 0 Å². The van der Waals surface area contributed by atoms with Crippen molar-refractivity contribution in [3.8, 4) is 0 Å². The lowest BCUT2D eigenvalue weighted by Gasteiger charge is -2.25. The maximum absolute atomic E-state index is 12.5. The summed E-state index contributed by atoms with van der Waals surface area (Å²) in [7, 11) is 0. The minimum absolute atomic E-state index is 0.234. The number of unbranched alkanes of at least 4 members (excludes halogenated alkanes) is 15. The molecule has 0 saturated carbocycles. The molecule has 0 aliphatic carbocycles. The summed E-state index contributed by atoms with van der Waals surface area (Å²) in [5.74, 6) is -5.08. The number of hydrogen-bond donors (Lipinski definition) is 10. The lowest BCUT2D eigenvalue weighted by molar-refractivity contribution is -0.146. The number of nitrogens with one attached hydrogen (secondary N) is 4. The fourth-order valence-corrected chi connectivity index (χ4v) is 6.27. The fraction of sp³-hybridized carbons (Fsp3) is 0.860. The molecule has 16 heteroatoms. The van der Waals surface area contributed by atoms with Crippen LogP contribution in [0.25, 0.3) is 0 Å². The summed E-state index contributed by atoms with van der Waals surface area (Å²) >= 11 is 0. The van der Waals surface area contributed by atoms with Gasteiger partial charge in [0.1, 0.15) is 12.1 Å². The molecule has 8 atom stereocenters. The van der Waals surface area contributed by atoms with E-state index in [0.717, 1.165) is 57.8 Å². The number of carboxylic acids is 2. The van der Waals surface area contributed by atoms with Crippen molar-refractivity contribution in [3.63, 3.8) is 0 Å². The third-order valence-electron chi connectivity index (χ3n) is 10.0. The number of carbonyl (C=O) groups is 6. The second kappa shape index (κ2) is 36.5. The predicted octanol–water partition coefficient (Wildman–Crippen LogP) is 4.62. The summed E-state index contributed by atoms with van der Waals surface area (Å²) in [6, 6.07) is -5.52. The molecule has 0 rings (SSSR count). The summed E-state index contributed by atoms with van der Waals surface area (Å²) in [6.07, 6.45) is 14.7. The van der Waals surface area contributed by atoms with E-state index >= 15 is 0 Å². The number of hydrogen-bond acceptors (Lipinski definition) is 10. The van der Waals surface area contributed by atoms with Crippen LogP contribution in [-0.4, -0.2) is 115 Å². The van der Waals surface area contributed by atoms with Gasteiger partial charge in [-0.15, -0.1) is 0 Å². The fourth-order valence-electron chi connectivity index (χ4n) is 6.27. The number of carbonyl (C=O) groups excluding carboxylic acids is 4. The van der Waals surface area contributed by atoms with Crippen LogP contribution in [0.4, 0.5) is 0 Å². The number of aliphatic hydroxyl groups is 4. The van der Waals surface area contributed by atoms with Gasteiger partial charge in [0.2, 0.25) is 23.6 Å². The van der Waals surface area contributed by atoms with Gasteiger partial charge in [-0.1, -0.05) is 137 Å². The molecule has 0 aliphatic heterocycles. The van der Waals surface area contributed by atoms with E-state index < -0.39 is 72.3 Å². The summed E-state index contributed by atoms with van der Waals surface area (Å²) in [5, 5.41) is 68.1. The van der Waals surface area contributed by atoms with Crippen LogP contribution in [0.3, 0.4) is 0 Å². The molecule has 0 aromatic carbocycles. The van der Waals surface area contributed by atoms with Crippen molar-refractivity contribution in [3.05, 3.63) is 0 Å². The average molecular weight is 847 g/mol. The van der Waals surface area contributed by atoms with Crippen molar-refractivity contribution in [2.75, 3.05) is 0 Å². The van der Waals surface area contributed by atoms with Crippen molar-refractivity contribution in [1.82, 2.24) is 21.3 Å². The highest BCUT2D eigenvalue weighted by atomic mass is 16.4. The molecule has 16 nitrogen and oxygen atoms in total. The van der Waals surface area contributed by atoms with Gasteiger partial charge in [-0.25, -0.2) is 9.59 Å². The van der Waals surface area contributed by atoms with Crippen molar-refractivity contribution in [2.24, 2.45) is 0 Å². The normalized spacial score (nSPS) is 15.2. The van der Waals surface area contributed by atoms with E-state index in [0.29, 0.717) is 25.7 Å². The Morgan fingerprint density at radius 2 is 0.678 bits per heavy atom. The lowest BCUT2D eigenvalue weighted by atomic mass is 10.0. The van der Waals surface area contributed by atoms with Crippen molar-refractivity contribution in [1.29, 1.82) is 0 Å². The molecule has 8 unspecified atom stereocenters. The first-order valence-electron chi connectivity index (χ1n) is 22.4.